The highest BCUT2D eigenvalue weighted by atomic mass is 32.1. The standard InChI is InChI=1S/C14H11N3OS/c1-10-16-12(9-19-10)14(18)13-7-8-15-17(13)11-5-3-2-4-6-11/h2-9H,1H3. The highest BCUT2D eigenvalue weighted by molar-refractivity contribution is 7.09. The summed E-state index contributed by atoms with van der Waals surface area (Å²) in [5.74, 6) is -0.106. The molecule has 0 aliphatic heterocycles. The fourth-order valence-electron chi connectivity index (χ4n) is 1.85. The van der Waals surface area contributed by atoms with Crippen molar-refractivity contribution in [3.8, 4) is 5.69 Å². The molecule has 2 heterocycles. The van der Waals surface area contributed by atoms with E-state index in [1.54, 1.807) is 22.3 Å². The smallest absolute Gasteiger partial charge is 0.230 e. The normalized spacial score (nSPS) is 10.6. The molecule has 94 valence electrons. The molecule has 0 atom stereocenters. The molecule has 0 amide bonds. The second-order valence-corrected chi connectivity index (χ2v) is 5.11. The van der Waals surface area contributed by atoms with E-state index in [0.29, 0.717) is 11.4 Å². The Labute approximate surface area is 114 Å². The summed E-state index contributed by atoms with van der Waals surface area (Å²) in [7, 11) is 0. The summed E-state index contributed by atoms with van der Waals surface area (Å²) in [5, 5.41) is 6.87. The van der Waals surface area contributed by atoms with Crippen LogP contribution in [0.3, 0.4) is 0 Å². The molecule has 0 fully saturated rings. The molecule has 0 unspecified atom stereocenters. The number of hydrogen-bond donors (Lipinski definition) is 0. The first-order valence-electron chi connectivity index (χ1n) is 5.82. The van der Waals surface area contributed by atoms with Gasteiger partial charge in [-0.2, -0.15) is 5.10 Å². The lowest BCUT2D eigenvalue weighted by atomic mass is 10.2. The zero-order valence-corrected chi connectivity index (χ0v) is 11.1. The molecule has 3 rings (SSSR count). The zero-order chi connectivity index (χ0) is 13.2. The van der Waals surface area contributed by atoms with Gasteiger partial charge >= 0.3 is 0 Å². The van der Waals surface area contributed by atoms with Gasteiger partial charge in [-0.25, -0.2) is 9.67 Å². The van der Waals surface area contributed by atoms with Crippen molar-refractivity contribution in [3.05, 3.63) is 64.4 Å². The third-order valence-electron chi connectivity index (χ3n) is 2.73. The molecular weight excluding hydrogens is 258 g/mol. The molecule has 0 aliphatic carbocycles. The number of hydrogen-bond acceptors (Lipinski definition) is 4. The van der Waals surface area contributed by atoms with Gasteiger partial charge in [-0.1, -0.05) is 18.2 Å². The number of thiazole rings is 1. The molecule has 0 radical (unpaired) electrons. The average Bonchev–Trinajstić information content (AvgIpc) is 3.07. The van der Waals surface area contributed by atoms with E-state index in [-0.39, 0.29) is 5.78 Å². The Morgan fingerprint density at radius 1 is 1.21 bits per heavy atom. The maximum absolute atomic E-state index is 12.4. The lowest BCUT2D eigenvalue weighted by Crippen LogP contribution is -2.10. The number of aryl methyl sites for hydroxylation is 1. The van der Waals surface area contributed by atoms with Gasteiger partial charge in [0.1, 0.15) is 11.4 Å². The van der Waals surface area contributed by atoms with Crippen molar-refractivity contribution in [2.24, 2.45) is 0 Å². The molecule has 5 heteroatoms. The number of para-hydroxylation sites is 1. The van der Waals surface area contributed by atoms with Crippen molar-refractivity contribution < 1.29 is 4.79 Å². The molecule has 0 spiro atoms. The number of nitrogens with zero attached hydrogens (tertiary/aromatic N) is 3. The van der Waals surface area contributed by atoms with Crippen LogP contribution in [0.2, 0.25) is 0 Å². The van der Waals surface area contributed by atoms with Crippen molar-refractivity contribution in [1.82, 2.24) is 14.8 Å². The lowest BCUT2D eigenvalue weighted by molar-refractivity contribution is 0.102. The molecule has 0 saturated carbocycles. The molecule has 0 aliphatic rings. The number of benzene rings is 1. The molecule has 0 N–H and O–H groups in total. The summed E-state index contributed by atoms with van der Waals surface area (Å²) in [4.78, 5) is 16.6. The minimum absolute atomic E-state index is 0.106. The number of aromatic nitrogens is 3. The van der Waals surface area contributed by atoms with Crippen LogP contribution in [-0.4, -0.2) is 20.5 Å². The van der Waals surface area contributed by atoms with Crippen LogP contribution in [0.4, 0.5) is 0 Å². The van der Waals surface area contributed by atoms with Gasteiger partial charge < -0.3 is 0 Å². The van der Waals surface area contributed by atoms with Crippen molar-refractivity contribution >= 4 is 17.1 Å². The fourth-order valence-corrected chi connectivity index (χ4v) is 2.44. The number of ketones is 1. The predicted molar refractivity (Wildman–Crippen MR) is 73.8 cm³/mol. The van der Waals surface area contributed by atoms with E-state index in [2.05, 4.69) is 10.1 Å². The van der Waals surface area contributed by atoms with Gasteiger partial charge in [0.25, 0.3) is 0 Å². The summed E-state index contributed by atoms with van der Waals surface area (Å²) >= 11 is 1.47. The highest BCUT2D eigenvalue weighted by Gasteiger charge is 2.17. The van der Waals surface area contributed by atoms with Gasteiger partial charge in [-0.3, -0.25) is 4.79 Å². The molecule has 19 heavy (non-hydrogen) atoms. The minimum Gasteiger partial charge on any atom is -0.285 e. The first-order valence-corrected chi connectivity index (χ1v) is 6.70. The second kappa shape index (κ2) is 4.78. The summed E-state index contributed by atoms with van der Waals surface area (Å²) in [6.07, 6.45) is 1.62. The van der Waals surface area contributed by atoms with Gasteiger partial charge in [-0.15, -0.1) is 11.3 Å². The fraction of sp³-hybridized carbons (Fsp3) is 0.0714. The number of carbonyl (C=O) groups excluding carboxylic acids is 1. The number of rotatable bonds is 3. The Morgan fingerprint density at radius 3 is 2.68 bits per heavy atom. The maximum atomic E-state index is 12.4. The third-order valence-corrected chi connectivity index (χ3v) is 3.50. The van der Waals surface area contributed by atoms with Crippen molar-refractivity contribution in [1.29, 1.82) is 0 Å². The minimum atomic E-state index is -0.106. The van der Waals surface area contributed by atoms with Gasteiger partial charge in [0, 0.05) is 5.38 Å². The number of carbonyl (C=O) groups is 1. The van der Waals surface area contributed by atoms with Crippen molar-refractivity contribution in [2.45, 2.75) is 6.92 Å². The molecular formula is C14H11N3OS. The Morgan fingerprint density at radius 2 is 2.00 bits per heavy atom. The van der Waals surface area contributed by atoms with Crippen LogP contribution in [0, 0.1) is 6.92 Å². The van der Waals surface area contributed by atoms with E-state index < -0.39 is 0 Å². The van der Waals surface area contributed by atoms with Crippen LogP contribution >= 0.6 is 11.3 Å². The molecule has 3 aromatic rings. The first kappa shape index (κ1) is 11.8. The largest absolute Gasteiger partial charge is 0.285 e. The van der Waals surface area contributed by atoms with Gasteiger partial charge in [-0.05, 0) is 25.1 Å². The molecule has 4 nitrogen and oxygen atoms in total. The Balaban J connectivity index is 2.03. The summed E-state index contributed by atoms with van der Waals surface area (Å²) in [6.45, 7) is 1.88. The quantitative estimate of drug-likeness (QED) is 0.687. The van der Waals surface area contributed by atoms with Gasteiger partial charge in [0.2, 0.25) is 5.78 Å². The van der Waals surface area contributed by atoms with Crippen LogP contribution in [-0.2, 0) is 0 Å². The van der Waals surface area contributed by atoms with Gasteiger partial charge in [0.15, 0.2) is 0 Å². The SMILES string of the molecule is Cc1nc(C(=O)c2ccnn2-c2ccccc2)cs1. The molecule has 0 bridgehead atoms. The molecule has 2 aromatic heterocycles. The summed E-state index contributed by atoms with van der Waals surface area (Å²) in [5.41, 5.74) is 1.86. The molecule has 0 saturated heterocycles. The van der Waals surface area contributed by atoms with Crippen LogP contribution in [0.15, 0.2) is 48.0 Å². The van der Waals surface area contributed by atoms with E-state index in [0.717, 1.165) is 10.7 Å². The van der Waals surface area contributed by atoms with Crippen LogP contribution in [0.5, 0.6) is 0 Å². The topological polar surface area (TPSA) is 47.8 Å². The van der Waals surface area contributed by atoms with Crippen LogP contribution in [0.1, 0.15) is 21.2 Å². The van der Waals surface area contributed by atoms with E-state index in [1.807, 2.05) is 37.3 Å². The van der Waals surface area contributed by atoms with Crippen LogP contribution in [0.25, 0.3) is 5.69 Å². The van der Waals surface area contributed by atoms with Gasteiger partial charge in [0.05, 0.1) is 16.9 Å². The lowest BCUT2D eigenvalue weighted by Gasteiger charge is -2.05. The molecule has 1 aromatic carbocycles. The summed E-state index contributed by atoms with van der Waals surface area (Å²) < 4.78 is 1.64. The zero-order valence-electron chi connectivity index (χ0n) is 10.3. The first-order chi connectivity index (χ1) is 9.25. The maximum Gasteiger partial charge on any atom is 0.230 e. The van der Waals surface area contributed by atoms with E-state index >= 15 is 0 Å². The van der Waals surface area contributed by atoms with Crippen molar-refractivity contribution in [3.63, 3.8) is 0 Å². The van der Waals surface area contributed by atoms with E-state index in [4.69, 9.17) is 0 Å². The third kappa shape index (κ3) is 2.20. The monoisotopic (exact) mass is 269 g/mol. The summed E-state index contributed by atoms with van der Waals surface area (Å²) in [6, 6.07) is 11.3. The van der Waals surface area contributed by atoms with E-state index in [1.165, 1.54) is 11.3 Å². The highest BCUT2D eigenvalue weighted by Crippen LogP contribution is 2.16. The van der Waals surface area contributed by atoms with E-state index in [9.17, 15) is 4.79 Å². The average molecular weight is 269 g/mol. The Hall–Kier alpha value is -2.27. The van der Waals surface area contributed by atoms with Crippen molar-refractivity contribution in [2.75, 3.05) is 0 Å². The predicted octanol–water partition coefficient (Wildman–Crippen LogP) is 2.87. The Bertz CT molecular complexity index is 715. The van der Waals surface area contributed by atoms with Crippen LogP contribution < -0.4 is 0 Å². The second-order valence-electron chi connectivity index (χ2n) is 4.04. The Kier molecular flexibility index (Phi) is 2.97.